The number of sulfonamides is 1. The molecule has 41 heavy (non-hydrogen) atoms. The van der Waals surface area contributed by atoms with E-state index in [9.17, 15) is 16.8 Å². The summed E-state index contributed by atoms with van der Waals surface area (Å²) in [5, 5.41) is 12.4. The third kappa shape index (κ3) is 8.28. The van der Waals surface area contributed by atoms with E-state index in [4.69, 9.17) is 33.4 Å². The van der Waals surface area contributed by atoms with Crippen LogP contribution in [0.25, 0.3) is 0 Å². The average molecular weight is 638 g/mol. The molecule has 218 valence electrons. The van der Waals surface area contributed by atoms with E-state index in [-0.39, 0.29) is 35.8 Å². The molecule has 0 radical (unpaired) electrons. The number of benzene rings is 3. The first-order valence-electron chi connectivity index (χ1n) is 12.6. The minimum absolute atomic E-state index is 0.0293. The van der Waals surface area contributed by atoms with Gasteiger partial charge in [-0.3, -0.25) is 0 Å². The molecule has 0 spiro atoms. The monoisotopic (exact) mass is 636 g/mol. The third-order valence-electron chi connectivity index (χ3n) is 6.41. The summed E-state index contributed by atoms with van der Waals surface area (Å²) in [6.07, 6.45) is 0. The van der Waals surface area contributed by atoms with E-state index in [0.717, 1.165) is 11.1 Å². The van der Waals surface area contributed by atoms with Crippen LogP contribution in [0.5, 0.6) is 0 Å². The smallest absolute Gasteiger partial charge is 0.249 e. The normalized spacial score (nSPS) is 17.0. The van der Waals surface area contributed by atoms with Crippen LogP contribution in [0.2, 0.25) is 10.0 Å². The summed E-state index contributed by atoms with van der Waals surface area (Å²) in [6.45, 7) is 3.76. The van der Waals surface area contributed by atoms with Crippen molar-refractivity contribution in [1.29, 1.82) is 0 Å². The highest BCUT2D eigenvalue weighted by molar-refractivity contribution is 7.90. The minimum atomic E-state index is -4.12. The largest absolute Gasteiger partial charge is 0.274 e. The molecule has 4 N–H and O–H groups in total. The van der Waals surface area contributed by atoms with E-state index in [0.29, 0.717) is 15.8 Å². The maximum atomic E-state index is 13.4. The molecule has 1 aliphatic rings. The molecule has 0 unspecified atom stereocenters. The van der Waals surface area contributed by atoms with E-state index in [2.05, 4.69) is 14.4 Å². The quantitative estimate of drug-likeness (QED) is 0.240. The number of nitrogens with two attached hydrogens (primary N) is 1. The van der Waals surface area contributed by atoms with E-state index < -0.39 is 26.3 Å². The predicted molar refractivity (Wildman–Crippen MR) is 163 cm³/mol. The second kappa shape index (κ2) is 12.9. The Labute approximate surface area is 250 Å². The topological polar surface area (TPSA) is 146 Å². The van der Waals surface area contributed by atoms with Gasteiger partial charge in [-0.15, -0.1) is 0 Å². The van der Waals surface area contributed by atoms with E-state index in [1.54, 1.807) is 26.0 Å². The molecule has 0 aromatic heterocycles. The average Bonchev–Trinajstić information content (AvgIpc) is 3.36. The van der Waals surface area contributed by atoms with Gasteiger partial charge in [0.1, 0.15) is 0 Å². The molecule has 10 nitrogen and oxygen atoms in total. The van der Waals surface area contributed by atoms with Gasteiger partial charge in [0, 0.05) is 22.0 Å². The Balaban J connectivity index is 1.77. The van der Waals surface area contributed by atoms with Crippen molar-refractivity contribution in [2.45, 2.75) is 30.7 Å². The van der Waals surface area contributed by atoms with Gasteiger partial charge in [0.05, 0.1) is 23.7 Å². The Kier molecular flexibility index (Phi) is 9.73. The van der Waals surface area contributed by atoms with Crippen molar-refractivity contribution in [3.8, 4) is 0 Å². The van der Waals surface area contributed by atoms with Crippen LogP contribution in [0.15, 0.2) is 93.9 Å². The molecular weight excluding hydrogens is 607 g/mol. The molecule has 1 aliphatic heterocycles. The summed E-state index contributed by atoms with van der Waals surface area (Å²) < 4.78 is 55.2. The van der Waals surface area contributed by atoms with E-state index >= 15 is 0 Å². The van der Waals surface area contributed by atoms with Crippen LogP contribution in [0, 0.1) is 5.92 Å². The highest BCUT2D eigenvalue weighted by Gasteiger charge is 2.33. The van der Waals surface area contributed by atoms with Gasteiger partial charge >= 0.3 is 0 Å². The van der Waals surface area contributed by atoms with Crippen molar-refractivity contribution in [3.63, 3.8) is 0 Å². The van der Waals surface area contributed by atoms with Crippen molar-refractivity contribution >= 4 is 55.1 Å². The van der Waals surface area contributed by atoms with Crippen molar-refractivity contribution in [2.75, 3.05) is 13.1 Å². The van der Waals surface area contributed by atoms with Crippen LogP contribution in [-0.4, -0.2) is 52.6 Å². The first kappa shape index (κ1) is 30.9. The Hall–Kier alpha value is -3.00. The lowest BCUT2D eigenvalue weighted by molar-refractivity contribution is 0.438. The molecule has 1 heterocycles. The summed E-state index contributed by atoms with van der Waals surface area (Å²) in [5.41, 5.74) is 2.47. The summed E-state index contributed by atoms with van der Waals surface area (Å²) >= 11 is 12.1. The summed E-state index contributed by atoms with van der Waals surface area (Å²) in [4.78, 5) is 4.50. The van der Waals surface area contributed by atoms with Gasteiger partial charge < -0.3 is 0 Å². The third-order valence-corrected chi connectivity index (χ3v) is 8.89. The zero-order valence-electron chi connectivity index (χ0n) is 22.3. The first-order valence-corrected chi connectivity index (χ1v) is 16.4. The van der Waals surface area contributed by atoms with E-state index in [1.807, 2.05) is 42.5 Å². The van der Waals surface area contributed by atoms with Gasteiger partial charge in [-0.05, 0) is 53.4 Å². The summed E-state index contributed by atoms with van der Waals surface area (Å²) in [5.74, 6) is -0.507. The lowest BCUT2D eigenvalue weighted by Crippen LogP contribution is -2.46. The fourth-order valence-electron chi connectivity index (χ4n) is 4.20. The Morgan fingerprint density at radius 1 is 0.976 bits per heavy atom. The van der Waals surface area contributed by atoms with Crippen LogP contribution in [0.1, 0.15) is 30.9 Å². The van der Waals surface area contributed by atoms with Gasteiger partial charge in [-0.25, -0.2) is 28.3 Å². The molecule has 0 saturated carbocycles. The number of hydrogen-bond donors (Lipinski definition) is 3. The van der Waals surface area contributed by atoms with E-state index in [1.165, 1.54) is 29.3 Å². The molecule has 3 aromatic carbocycles. The minimum Gasteiger partial charge on any atom is -0.249 e. The number of hydrazone groups is 1. The molecule has 3 aromatic rings. The molecule has 0 bridgehead atoms. The molecule has 2 atom stereocenters. The zero-order chi connectivity index (χ0) is 29.8. The lowest BCUT2D eigenvalue weighted by atomic mass is 9.91. The van der Waals surface area contributed by atoms with Crippen molar-refractivity contribution in [1.82, 2.24) is 14.5 Å². The Bertz CT molecular complexity index is 1630. The standard InChI is InChI=1S/C27H30Cl2N6O4S2/c1-18(2)25(33-41(30,38)39)16-31-27(34-40(36,37)23-14-12-22(29)13-15-23)35-17-24(19-6-4-3-5-7-19)26(32-35)20-8-10-21(28)11-9-20/h3-15,18,24-25,33H,16-17H2,1-2H3,(H,31,34)(H2,30,38,39)/t24-,25+/m0/s1. The Morgan fingerprint density at radius 2 is 1.56 bits per heavy atom. The first-order chi connectivity index (χ1) is 19.3. The van der Waals surface area contributed by atoms with Gasteiger partial charge in [0.25, 0.3) is 20.2 Å². The molecule has 0 fully saturated rings. The van der Waals surface area contributed by atoms with Gasteiger partial charge in [0.15, 0.2) is 0 Å². The number of hydrogen-bond acceptors (Lipinski definition) is 6. The molecule has 4 rings (SSSR count). The van der Waals surface area contributed by atoms with Crippen molar-refractivity contribution in [3.05, 3.63) is 100 Å². The molecule has 0 saturated heterocycles. The lowest BCUT2D eigenvalue weighted by Gasteiger charge is -2.23. The molecule has 14 heteroatoms. The zero-order valence-corrected chi connectivity index (χ0v) is 25.4. The molecular formula is C27H30Cl2N6O4S2. The SMILES string of the molecule is CC(C)[C@@H](CN=C(NS(=O)(=O)c1ccc(Cl)cc1)N1C[C@@H](c2ccccc2)C(c2ccc(Cl)cc2)=N1)NS(N)(=O)=O. The van der Waals surface area contributed by atoms with Gasteiger partial charge in [0.2, 0.25) is 5.96 Å². The number of guanidine groups is 1. The number of nitrogens with zero attached hydrogens (tertiary/aromatic N) is 3. The summed E-state index contributed by atoms with van der Waals surface area (Å²) in [6, 6.07) is 21.9. The Morgan fingerprint density at radius 3 is 2.12 bits per heavy atom. The highest BCUT2D eigenvalue weighted by Crippen LogP contribution is 2.30. The number of halogens is 2. The number of rotatable bonds is 9. The van der Waals surface area contributed by atoms with Gasteiger partial charge in [-0.2, -0.15) is 18.2 Å². The van der Waals surface area contributed by atoms with Crippen LogP contribution in [0.4, 0.5) is 0 Å². The highest BCUT2D eigenvalue weighted by atomic mass is 35.5. The second-order valence-corrected chi connectivity index (χ2v) is 13.7. The van der Waals surface area contributed by atoms with Crippen molar-refractivity contribution in [2.24, 2.45) is 21.2 Å². The fourth-order valence-corrected chi connectivity index (χ4v) is 6.24. The number of nitrogens with one attached hydrogen (secondary N) is 2. The van der Waals surface area contributed by atoms with Crippen LogP contribution >= 0.6 is 23.2 Å². The predicted octanol–water partition coefficient (Wildman–Crippen LogP) is 3.95. The maximum Gasteiger partial charge on any atom is 0.274 e. The van der Waals surface area contributed by atoms with Crippen LogP contribution in [0.3, 0.4) is 0 Å². The van der Waals surface area contributed by atoms with Crippen LogP contribution in [-0.2, 0) is 20.2 Å². The fraction of sp³-hybridized carbons (Fsp3) is 0.259. The molecule has 0 aliphatic carbocycles. The summed E-state index contributed by atoms with van der Waals surface area (Å²) in [7, 11) is -8.15. The second-order valence-electron chi connectivity index (χ2n) is 9.77. The van der Waals surface area contributed by atoms with Crippen LogP contribution < -0.4 is 14.6 Å². The maximum absolute atomic E-state index is 13.4. The number of aliphatic imine (C=N–C) groups is 1. The van der Waals surface area contributed by atoms with Gasteiger partial charge in [-0.1, -0.05) is 79.5 Å². The van der Waals surface area contributed by atoms with Crippen molar-refractivity contribution < 1.29 is 16.8 Å². The molecule has 0 amide bonds.